The first-order valence-electron chi connectivity index (χ1n) is 2.84. The van der Waals surface area contributed by atoms with Crippen molar-refractivity contribution in [2.75, 3.05) is 26.3 Å². The Hall–Kier alpha value is -0.680. The molecule has 5 nitrogen and oxygen atoms in total. The van der Waals surface area contributed by atoms with Crippen molar-refractivity contribution in [3.8, 4) is 0 Å². The first kappa shape index (κ1) is 6.44. The second kappa shape index (κ2) is 3.37. The predicted octanol–water partition coefficient (Wildman–Crippen LogP) is -0.495. The molecule has 5 heteroatoms. The minimum absolute atomic E-state index is 0.669. The van der Waals surface area contributed by atoms with Gasteiger partial charge in [0.25, 0.3) is 0 Å². The van der Waals surface area contributed by atoms with Gasteiger partial charge < -0.3 is 4.74 Å². The third kappa shape index (κ3) is 1.95. The molecule has 0 radical (unpaired) electrons. The van der Waals surface area contributed by atoms with E-state index >= 15 is 0 Å². The lowest BCUT2D eigenvalue weighted by Gasteiger charge is -2.23. The average Bonchev–Trinajstić information content (AvgIpc) is 1.91. The van der Waals surface area contributed by atoms with Crippen LogP contribution in [0.25, 0.3) is 0 Å². The molecule has 52 valence electrons. The highest BCUT2D eigenvalue weighted by Crippen LogP contribution is 1.90. The fraction of sp³-hybridized carbons (Fsp3) is 1.00. The highest BCUT2D eigenvalue weighted by atomic mass is 16.5. The van der Waals surface area contributed by atoms with Crippen molar-refractivity contribution in [2.45, 2.75) is 0 Å². The summed E-state index contributed by atoms with van der Waals surface area (Å²) < 4.78 is 5.02. The molecule has 1 N–H and O–H groups in total. The van der Waals surface area contributed by atoms with Gasteiger partial charge in [-0.3, -0.25) is 0 Å². The van der Waals surface area contributed by atoms with Crippen molar-refractivity contribution in [1.29, 1.82) is 0 Å². The number of nitrogens with one attached hydrogen (secondary N) is 1. The summed E-state index contributed by atoms with van der Waals surface area (Å²) in [5.41, 5.74) is 2.31. The number of hydrazine groups is 1. The summed E-state index contributed by atoms with van der Waals surface area (Å²) in [6.07, 6.45) is 0. The Morgan fingerprint density at radius 3 is 2.67 bits per heavy atom. The van der Waals surface area contributed by atoms with Crippen molar-refractivity contribution >= 4 is 0 Å². The molecule has 0 amide bonds. The standard InChI is InChI=1S/C4H9N3O2/c8-6-5-7-1-3-9-4-2-7/h1-4H2,(H,5,8). The van der Waals surface area contributed by atoms with Crippen LogP contribution in [0.2, 0.25) is 0 Å². The molecular formula is C4H9N3O2. The predicted molar refractivity (Wildman–Crippen MR) is 31.3 cm³/mol. The lowest BCUT2D eigenvalue weighted by Crippen LogP contribution is -2.42. The lowest BCUT2D eigenvalue weighted by molar-refractivity contribution is 0.0122. The van der Waals surface area contributed by atoms with Crippen LogP contribution in [0.4, 0.5) is 0 Å². The zero-order valence-corrected chi connectivity index (χ0v) is 5.04. The van der Waals surface area contributed by atoms with Gasteiger partial charge in [-0.2, -0.15) is 0 Å². The summed E-state index contributed by atoms with van der Waals surface area (Å²) in [5.74, 6) is 0. The van der Waals surface area contributed by atoms with E-state index in [1.807, 2.05) is 0 Å². The molecule has 1 saturated heterocycles. The van der Waals surface area contributed by atoms with E-state index in [0.29, 0.717) is 13.2 Å². The van der Waals surface area contributed by atoms with Crippen LogP contribution >= 0.6 is 0 Å². The van der Waals surface area contributed by atoms with Crippen molar-refractivity contribution in [1.82, 2.24) is 10.5 Å². The molecule has 0 saturated carbocycles. The van der Waals surface area contributed by atoms with Crippen LogP contribution in [0.1, 0.15) is 0 Å². The summed E-state index contributed by atoms with van der Waals surface area (Å²) in [4.78, 5) is 9.63. The van der Waals surface area contributed by atoms with Gasteiger partial charge in [0.2, 0.25) is 0 Å². The van der Waals surface area contributed by atoms with Gasteiger partial charge in [0.15, 0.2) is 0 Å². The van der Waals surface area contributed by atoms with Crippen molar-refractivity contribution in [2.24, 2.45) is 5.29 Å². The third-order valence-electron chi connectivity index (χ3n) is 1.19. The van der Waals surface area contributed by atoms with Gasteiger partial charge in [-0.15, -0.1) is 4.91 Å². The molecule has 1 heterocycles. The molecular weight excluding hydrogens is 122 g/mol. The first-order chi connectivity index (χ1) is 4.43. The third-order valence-corrected chi connectivity index (χ3v) is 1.19. The van der Waals surface area contributed by atoms with Crippen LogP contribution < -0.4 is 5.53 Å². The van der Waals surface area contributed by atoms with E-state index in [9.17, 15) is 4.91 Å². The van der Waals surface area contributed by atoms with Crippen molar-refractivity contribution in [3.05, 3.63) is 4.91 Å². The molecule has 1 rings (SSSR count). The van der Waals surface area contributed by atoms with E-state index in [1.165, 1.54) is 0 Å². The zero-order valence-electron chi connectivity index (χ0n) is 5.04. The van der Waals surface area contributed by atoms with Gasteiger partial charge in [0.05, 0.1) is 18.5 Å². The summed E-state index contributed by atoms with van der Waals surface area (Å²) in [7, 11) is 0. The fourth-order valence-electron chi connectivity index (χ4n) is 0.721. The molecule has 0 aromatic heterocycles. The number of rotatable bonds is 2. The normalized spacial score (nSPS) is 21.3. The smallest absolute Gasteiger partial charge is 0.0658 e. The van der Waals surface area contributed by atoms with Crippen LogP contribution in [-0.4, -0.2) is 31.3 Å². The van der Waals surface area contributed by atoms with Gasteiger partial charge in [0, 0.05) is 13.1 Å². The van der Waals surface area contributed by atoms with Crippen LogP contribution in [0.3, 0.4) is 0 Å². The van der Waals surface area contributed by atoms with Gasteiger partial charge in [-0.25, -0.2) is 10.5 Å². The van der Waals surface area contributed by atoms with Crippen LogP contribution in [0.15, 0.2) is 5.29 Å². The summed E-state index contributed by atoms with van der Waals surface area (Å²) in [5, 5.41) is 4.25. The SMILES string of the molecule is O=NNN1CCOCC1. The van der Waals surface area contributed by atoms with E-state index < -0.39 is 0 Å². The van der Waals surface area contributed by atoms with Gasteiger partial charge in [-0.05, 0) is 0 Å². The minimum Gasteiger partial charge on any atom is -0.379 e. The first-order valence-corrected chi connectivity index (χ1v) is 2.84. The van der Waals surface area contributed by atoms with Crippen LogP contribution in [0.5, 0.6) is 0 Å². The quantitative estimate of drug-likeness (QED) is 0.405. The van der Waals surface area contributed by atoms with E-state index in [1.54, 1.807) is 5.01 Å². The number of ether oxygens (including phenoxy) is 1. The van der Waals surface area contributed by atoms with Crippen LogP contribution in [-0.2, 0) is 4.74 Å². The number of hydrogen-bond acceptors (Lipinski definition) is 4. The molecule has 0 aromatic carbocycles. The topological polar surface area (TPSA) is 53.9 Å². The molecule has 0 bridgehead atoms. The van der Waals surface area contributed by atoms with Crippen LogP contribution in [0, 0.1) is 4.91 Å². The van der Waals surface area contributed by atoms with E-state index in [4.69, 9.17) is 4.74 Å². The number of morpholine rings is 1. The molecule has 0 aromatic rings. The molecule has 1 aliphatic rings. The molecule has 0 unspecified atom stereocenters. The number of hydrogen-bond donors (Lipinski definition) is 1. The highest BCUT2D eigenvalue weighted by Gasteiger charge is 2.07. The second-order valence-electron chi connectivity index (χ2n) is 1.79. The fourth-order valence-corrected chi connectivity index (χ4v) is 0.721. The number of nitroso groups, excluding NO2 is 1. The molecule has 1 fully saturated rings. The molecule has 0 spiro atoms. The van der Waals surface area contributed by atoms with Gasteiger partial charge >= 0.3 is 0 Å². The Morgan fingerprint density at radius 2 is 2.11 bits per heavy atom. The average molecular weight is 131 g/mol. The van der Waals surface area contributed by atoms with Crippen molar-refractivity contribution in [3.63, 3.8) is 0 Å². The van der Waals surface area contributed by atoms with Gasteiger partial charge in [-0.1, -0.05) is 0 Å². The monoisotopic (exact) mass is 131 g/mol. The summed E-state index contributed by atoms with van der Waals surface area (Å²) in [6, 6.07) is 0. The Kier molecular flexibility index (Phi) is 2.41. The molecule has 0 aliphatic carbocycles. The molecule has 0 atom stereocenters. The van der Waals surface area contributed by atoms with E-state index in [0.717, 1.165) is 13.1 Å². The number of nitrogens with zero attached hydrogens (tertiary/aromatic N) is 2. The zero-order chi connectivity index (χ0) is 6.53. The molecule has 9 heavy (non-hydrogen) atoms. The van der Waals surface area contributed by atoms with E-state index in [2.05, 4.69) is 10.8 Å². The lowest BCUT2D eigenvalue weighted by atomic mass is 10.5. The summed E-state index contributed by atoms with van der Waals surface area (Å²) in [6.45, 7) is 2.79. The largest absolute Gasteiger partial charge is 0.379 e. The maximum atomic E-state index is 9.63. The second-order valence-corrected chi connectivity index (χ2v) is 1.79. The van der Waals surface area contributed by atoms with Crippen molar-refractivity contribution < 1.29 is 4.74 Å². The summed E-state index contributed by atoms with van der Waals surface area (Å²) >= 11 is 0. The van der Waals surface area contributed by atoms with E-state index in [-0.39, 0.29) is 0 Å². The Balaban J connectivity index is 2.15. The maximum Gasteiger partial charge on any atom is 0.0658 e. The Morgan fingerprint density at radius 1 is 1.44 bits per heavy atom. The maximum absolute atomic E-state index is 9.63. The van der Waals surface area contributed by atoms with Gasteiger partial charge in [0.1, 0.15) is 0 Å². The Bertz CT molecular complexity index is 91.8. The minimum atomic E-state index is 0.669. The molecule has 1 aliphatic heterocycles. The highest BCUT2D eigenvalue weighted by molar-refractivity contribution is 4.54. The Labute approximate surface area is 52.9 Å².